The first-order chi connectivity index (χ1) is 16.2. The summed E-state index contributed by atoms with van der Waals surface area (Å²) in [5, 5.41) is 12.4. The van der Waals surface area contributed by atoms with Crippen LogP contribution in [0.3, 0.4) is 0 Å². The average Bonchev–Trinajstić information content (AvgIpc) is 2.78. The summed E-state index contributed by atoms with van der Waals surface area (Å²) in [6.07, 6.45) is -0.651. The van der Waals surface area contributed by atoms with Crippen LogP contribution in [0.25, 0.3) is 22.2 Å². The van der Waals surface area contributed by atoms with E-state index in [4.69, 9.17) is 31.5 Å². The van der Waals surface area contributed by atoms with Gasteiger partial charge in [-0.15, -0.1) is 0 Å². The van der Waals surface area contributed by atoms with Crippen LogP contribution in [0.2, 0.25) is 5.02 Å². The van der Waals surface area contributed by atoms with Crippen molar-refractivity contribution in [3.05, 3.63) is 64.7 Å². The number of morpholine rings is 1. The van der Waals surface area contributed by atoms with Gasteiger partial charge in [-0.2, -0.15) is 0 Å². The summed E-state index contributed by atoms with van der Waals surface area (Å²) in [4.78, 5) is 19.2. The Hall–Kier alpha value is -3.00. The minimum atomic E-state index is -0.651. The predicted octanol–water partition coefficient (Wildman–Crippen LogP) is 5.24. The van der Waals surface area contributed by atoms with Crippen LogP contribution in [0, 0.1) is 5.41 Å². The summed E-state index contributed by atoms with van der Waals surface area (Å²) in [6.45, 7) is 9.42. The second-order valence-corrected chi connectivity index (χ2v) is 9.73. The van der Waals surface area contributed by atoms with E-state index in [9.17, 15) is 4.79 Å². The van der Waals surface area contributed by atoms with Crippen molar-refractivity contribution in [2.75, 3.05) is 26.3 Å². The molecule has 0 spiro atoms. The van der Waals surface area contributed by atoms with E-state index in [-0.39, 0.29) is 5.84 Å². The van der Waals surface area contributed by atoms with Crippen LogP contribution in [0.5, 0.6) is 0 Å². The normalized spacial score (nSPS) is 14.7. The van der Waals surface area contributed by atoms with Gasteiger partial charge in [-0.3, -0.25) is 15.6 Å². The van der Waals surface area contributed by atoms with Gasteiger partial charge in [0.15, 0.2) is 0 Å². The molecule has 4 rings (SSSR count). The maximum Gasteiger partial charge on any atom is 0.413 e. The Labute approximate surface area is 204 Å². The van der Waals surface area contributed by atoms with E-state index in [0.717, 1.165) is 55.0 Å². The molecule has 1 aromatic heterocycles. The van der Waals surface area contributed by atoms with E-state index in [0.29, 0.717) is 10.6 Å². The number of halogens is 1. The number of carbonyl (C=O) groups is 1. The number of amidine groups is 1. The number of aromatic nitrogens is 1. The number of benzene rings is 2. The number of amides is 1. The molecule has 1 aliphatic heterocycles. The number of carbonyl (C=O) groups excluding carboxylic acids is 1. The third-order valence-corrected chi connectivity index (χ3v) is 5.69. The van der Waals surface area contributed by atoms with Gasteiger partial charge in [0.25, 0.3) is 0 Å². The van der Waals surface area contributed by atoms with Gasteiger partial charge >= 0.3 is 6.09 Å². The molecule has 178 valence electrons. The Bertz CT molecular complexity index is 1200. The Morgan fingerprint density at radius 2 is 1.85 bits per heavy atom. The van der Waals surface area contributed by atoms with Crippen molar-refractivity contribution < 1.29 is 14.3 Å². The van der Waals surface area contributed by atoms with Gasteiger partial charge < -0.3 is 9.47 Å². The quantitative estimate of drug-likeness (QED) is 0.394. The lowest BCUT2D eigenvalue weighted by molar-refractivity contribution is 0.0343. The summed E-state index contributed by atoms with van der Waals surface area (Å²) < 4.78 is 10.7. The van der Waals surface area contributed by atoms with Crippen molar-refractivity contribution in [3.63, 3.8) is 0 Å². The lowest BCUT2D eigenvalue weighted by atomic mass is 10.0. The van der Waals surface area contributed by atoms with Crippen molar-refractivity contribution in [2.24, 2.45) is 0 Å². The van der Waals surface area contributed by atoms with E-state index in [1.54, 1.807) is 32.9 Å². The molecule has 0 saturated carbocycles. The number of hydrogen-bond donors (Lipinski definition) is 2. The van der Waals surface area contributed by atoms with Gasteiger partial charge in [-0.25, -0.2) is 9.78 Å². The summed E-state index contributed by atoms with van der Waals surface area (Å²) in [7, 11) is 0. The molecule has 34 heavy (non-hydrogen) atoms. The molecule has 0 radical (unpaired) electrons. The van der Waals surface area contributed by atoms with Gasteiger partial charge in [0.2, 0.25) is 0 Å². The largest absolute Gasteiger partial charge is 0.444 e. The van der Waals surface area contributed by atoms with Gasteiger partial charge in [-0.05, 0) is 44.5 Å². The Balaban J connectivity index is 1.59. The van der Waals surface area contributed by atoms with Crippen LogP contribution in [-0.2, 0) is 16.0 Å². The highest BCUT2D eigenvalue weighted by Crippen LogP contribution is 2.28. The SMILES string of the molecule is CC(C)(C)OC(=O)NC(=N)c1ccc(-c2cc(CN3CCOCC3)c3ccc(Cl)cc3n2)cc1. The maximum absolute atomic E-state index is 12.0. The lowest BCUT2D eigenvalue weighted by Gasteiger charge is -2.27. The molecule has 1 amide bonds. The Morgan fingerprint density at radius 1 is 1.15 bits per heavy atom. The van der Waals surface area contributed by atoms with Gasteiger partial charge in [0, 0.05) is 41.2 Å². The highest BCUT2D eigenvalue weighted by molar-refractivity contribution is 6.31. The fourth-order valence-electron chi connectivity index (χ4n) is 3.84. The third kappa shape index (κ3) is 6.11. The second-order valence-electron chi connectivity index (χ2n) is 9.30. The molecule has 0 unspecified atom stereocenters. The summed E-state index contributed by atoms with van der Waals surface area (Å²) in [5.41, 5.74) is 3.72. The van der Waals surface area contributed by atoms with E-state index in [1.807, 2.05) is 30.3 Å². The molecule has 3 aromatic rings. The summed E-state index contributed by atoms with van der Waals surface area (Å²) in [5.74, 6) is -0.0212. The lowest BCUT2D eigenvalue weighted by Crippen LogP contribution is -2.36. The number of pyridine rings is 1. The fraction of sp³-hybridized carbons (Fsp3) is 0.346. The van der Waals surface area contributed by atoms with Crippen molar-refractivity contribution in [1.29, 1.82) is 5.41 Å². The van der Waals surface area contributed by atoms with E-state index < -0.39 is 11.7 Å². The minimum absolute atomic E-state index is 0.0212. The predicted molar refractivity (Wildman–Crippen MR) is 134 cm³/mol. The van der Waals surface area contributed by atoms with Gasteiger partial charge in [-0.1, -0.05) is 41.9 Å². The molecule has 8 heteroatoms. The van der Waals surface area contributed by atoms with Crippen LogP contribution < -0.4 is 5.32 Å². The van der Waals surface area contributed by atoms with E-state index in [2.05, 4.69) is 16.3 Å². The number of hydrogen-bond acceptors (Lipinski definition) is 6. The zero-order valence-corrected chi connectivity index (χ0v) is 20.4. The highest BCUT2D eigenvalue weighted by Gasteiger charge is 2.18. The van der Waals surface area contributed by atoms with Crippen molar-refractivity contribution >= 4 is 34.4 Å². The van der Waals surface area contributed by atoms with Crippen LogP contribution in [-0.4, -0.2) is 53.7 Å². The molecule has 0 atom stereocenters. The summed E-state index contributed by atoms with van der Waals surface area (Å²) in [6, 6.07) is 15.3. The topological polar surface area (TPSA) is 87.5 Å². The van der Waals surface area contributed by atoms with Crippen molar-refractivity contribution in [3.8, 4) is 11.3 Å². The maximum atomic E-state index is 12.0. The van der Waals surface area contributed by atoms with E-state index in [1.165, 1.54) is 5.56 Å². The van der Waals surface area contributed by atoms with Crippen molar-refractivity contribution in [1.82, 2.24) is 15.2 Å². The Kier molecular flexibility index (Phi) is 7.16. The van der Waals surface area contributed by atoms with Crippen LogP contribution in [0.15, 0.2) is 48.5 Å². The van der Waals surface area contributed by atoms with Crippen LogP contribution >= 0.6 is 11.6 Å². The van der Waals surface area contributed by atoms with Crippen LogP contribution in [0.4, 0.5) is 4.79 Å². The molecule has 7 nitrogen and oxygen atoms in total. The molecular formula is C26H29ClN4O3. The Morgan fingerprint density at radius 3 is 2.53 bits per heavy atom. The number of nitrogens with zero attached hydrogens (tertiary/aromatic N) is 2. The molecule has 0 aliphatic carbocycles. The standard InChI is InChI=1S/C26H29ClN4O3/c1-26(2,3)34-25(32)30-24(28)18-6-4-17(5-7-18)22-14-19(16-31-10-12-33-13-11-31)21-9-8-20(27)15-23(21)29-22/h4-9,14-15H,10-13,16H2,1-3H3,(H2,28,30,32). The molecule has 1 fully saturated rings. The van der Waals surface area contributed by atoms with Crippen molar-refractivity contribution in [2.45, 2.75) is 32.9 Å². The molecule has 2 N–H and O–H groups in total. The third-order valence-electron chi connectivity index (χ3n) is 5.45. The molecule has 0 bridgehead atoms. The van der Waals surface area contributed by atoms with Gasteiger partial charge in [0.05, 0.1) is 24.4 Å². The first kappa shape index (κ1) is 24.1. The molecular weight excluding hydrogens is 452 g/mol. The number of nitrogens with one attached hydrogen (secondary N) is 2. The number of fused-ring (bicyclic) bond motifs is 1. The number of alkyl carbamates (subject to hydrolysis) is 1. The molecule has 1 aliphatic rings. The van der Waals surface area contributed by atoms with E-state index >= 15 is 0 Å². The highest BCUT2D eigenvalue weighted by atomic mass is 35.5. The smallest absolute Gasteiger partial charge is 0.413 e. The monoisotopic (exact) mass is 480 g/mol. The second kappa shape index (κ2) is 10.1. The van der Waals surface area contributed by atoms with Gasteiger partial charge in [0.1, 0.15) is 11.4 Å². The average molecular weight is 481 g/mol. The molecule has 1 saturated heterocycles. The first-order valence-corrected chi connectivity index (χ1v) is 11.6. The molecule has 2 aromatic carbocycles. The summed E-state index contributed by atoms with van der Waals surface area (Å²) >= 11 is 6.26. The number of ether oxygens (including phenoxy) is 2. The number of rotatable bonds is 4. The minimum Gasteiger partial charge on any atom is -0.444 e. The zero-order chi connectivity index (χ0) is 24.3. The molecule has 2 heterocycles. The first-order valence-electron chi connectivity index (χ1n) is 11.3. The fourth-order valence-corrected chi connectivity index (χ4v) is 4.00. The van der Waals surface area contributed by atoms with Crippen LogP contribution in [0.1, 0.15) is 31.9 Å². The zero-order valence-electron chi connectivity index (χ0n) is 19.7.